The van der Waals surface area contributed by atoms with Crippen LogP contribution in [0.15, 0.2) is 60.7 Å². The van der Waals surface area contributed by atoms with E-state index in [0.29, 0.717) is 13.1 Å². The number of piperidine rings is 1. The number of carbonyl (C=O) groups excluding carboxylic acids is 2. The Morgan fingerprint density at radius 2 is 1.69 bits per heavy atom. The standard InChI is InChI=1S/C24H31N3O2/c1-3-18(2)26-23(28)21-14-15-22(20-12-8-5-9-13-20)27(17-21)24(29)25-16-19-10-6-4-7-11-19/h4-13,18,21-22H,3,14-17H2,1-2H3,(H,25,29)(H,26,28)/t18-,21-,22+/m0/s1. The quantitative estimate of drug-likeness (QED) is 0.770. The minimum atomic E-state index is -0.175. The monoisotopic (exact) mass is 393 g/mol. The highest BCUT2D eigenvalue weighted by Crippen LogP contribution is 2.33. The van der Waals surface area contributed by atoms with Crippen LogP contribution in [-0.4, -0.2) is 29.4 Å². The summed E-state index contributed by atoms with van der Waals surface area (Å²) in [5.74, 6) is -0.127. The Kier molecular flexibility index (Phi) is 7.28. The number of nitrogens with one attached hydrogen (secondary N) is 2. The molecule has 0 unspecified atom stereocenters. The average Bonchev–Trinajstić information content (AvgIpc) is 2.78. The number of hydrogen-bond acceptors (Lipinski definition) is 2. The Morgan fingerprint density at radius 1 is 1.03 bits per heavy atom. The van der Waals surface area contributed by atoms with E-state index in [1.165, 1.54) is 0 Å². The van der Waals surface area contributed by atoms with Crippen molar-refractivity contribution in [2.24, 2.45) is 5.92 Å². The van der Waals surface area contributed by atoms with Gasteiger partial charge >= 0.3 is 6.03 Å². The predicted molar refractivity (Wildman–Crippen MR) is 115 cm³/mol. The summed E-state index contributed by atoms with van der Waals surface area (Å²) in [6, 6.07) is 20.0. The van der Waals surface area contributed by atoms with Gasteiger partial charge in [-0.3, -0.25) is 4.79 Å². The van der Waals surface area contributed by atoms with Crippen LogP contribution in [0.25, 0.3) is 0 Å². The van der Waals surface area contributed by atoms with Gasteiger partial charge < -0.3 is 15.5 Å². The van der Waals surface area contributed by atoms with Gasteiger partial charge in [-0.1, -0.05) is 67.6 Å². The fourth-order valence-electron chi connectivity index (χ4n) is 3.77. The lowest BCUT2D eigenvalue weighted by molar-refractivity contribution is -0.127. The van der Waals surface area contributed by atoms with E-state index >= 15 is 0 Å². The number of hydrogen-bond donors (Lipinski definition) is 2. The third-order valence-corrected chi connectivity index (χ3v) is 5.69. The van der Waals surface area contributed by atoms with Gasteiger partial charge in [-0.2, -0.15) is 0 Å². The van der Waals surface area contributed by atoms with Gasteiger partial charge in [0.1, 0.15) is 0 Å². The summed E-state index contributed by atoms with van der Waals surface area (Å²) in [5.41, 5.74) is 2.17. The smallest absolute Gasteiger partial charge is 0.318 e. The molecule has 3 rings (SSSR count). The molecule has 1 saturated heterocycles. The Morgan fingerprint density at radius 3 is 2.34 bits per heavy atom. The highest BCUT2D eigenvalue weighted by atomic mass is 16.2. The molecule has 0 saturated carbocycles. The molecule has 0 aliphatic carbocycles. The fourth-order valence-corrected chi connectivity index (χ4v) is 3.77. The summed E-state index contributed by atoms with van der Waals surface area (Å²) in [6.45, 7) is 4.97. The molecule has 154 valence electrons. The third-order valence-electron chi connectivity index (χ3n) is 5.69. The van der Waals surface area contributed by atoms with Crippen LogP contribution in [0, 0.1) is 5.92 Å². The van der Waals surface area contributed by atoms with E-state index in [1.807, 2.05) is 60.4 Å². The van der Waals surface area contributed by atoms with Crippen molar-refractivity contribution < 1.29 is 9.59 Å². The van der Waals surface area contributed by atoms with Crippen LogP contribution in [0.1, 0.15) is 50.3 Å². The first-order valence-electron chi connectivity index (χ1n) is 10.5. The molecule has 0 spiro atoms. The number of urea groups is 1. The van der Waals surface area contributed by atoms with Gasteiger partial charge in [-0.25, -0.2) is 4.79 Å². The van der Waals surface area contributed by atoms with E-state index < -0.39 is 0 Å². The molecule has 0 bridgehead atoms. The SMILES string of the molecule is CC[C@H](C)NC(=O)[C@H]1CC[C@H](c2ccccc2)N(C(=O)NCc2ccccc2)C1. The van der Waals surface area contributed by atoms with Crippen LogP contribution in [0.3, 0.4) is 0 Å². The van der Waals surface area contributed by atoms with Crippen molar-refractivity contribution in [2.45, 2.75) is 51.7 Å². The van der Waals surface area contributed by atoms with E-state index in [9.17, 15) is 9.59 Å². The van der Waals surface area contributed by atoms with Crippen molar-refractivity contribution in [3.05, 3.63) is 71.8 Å². The zero-order valence-corrected chi connectivity index (χ0v) is 17.3. The molecule has 5 nitrogen and oxygen atoms in total. The number of carbonyl (C=O) groups is 2. The lowest BCUT2D eigenvalue weighted by Gasteiger charge is -2.39. The zero-order valence-electron chi connectivity index (χ0n) is 17.3. The summed E-state index contributed by atoms with van der Waals surface area (Å²) in [7, 11) is 0. The zero-order chi connectivity index (χ0) is 20.6. The van der Waals surface area contributed by atoms with Crippen molar-refractivity contribution in [3.8, 4) is 0 Å². The second-order valence-electron chi connectivity index (χ2n) is 7.82. The van der Waals surface area contributed by atoms with Crippen molar-refractivity contribution in [1.82, 2.24) is 15.5 Å². The fraction of sp³-hybridized carbons (Fsp3) is 0.417. The van der Waals surface area contributed by atoms with Gasteiger partial charge in [-0.05, 0) is 37.3 Å². The van der Waals surface area contributed by atoms with Gasteiger partial charge in [-0.15, -0.1) is 0 Å². The molecule has 1 aliphatic heterocycles. The van der Waals surface area contributed by atoms with Crippen molar-refractivity contribution >= 4 is 11.9 Å². The number of benzene rings is 2. The molecule has 2 N–H and O–H groups in total. The van der Waals surface area contributed by atoms with Crippen LogP contribution in [0.5, 0.6) is 0 Å². The first kappa shape index (κ1) is 20.9. The number of amides is 3. The molecule has 3 atom stereocenters. The summed E-state index contributed by atoms with van der Waals surface area (Å²) in [6.07, 6.45) is 2.46. The molecule has 1 heterocycles. The van der Waals surface area contributed by atoms with Crippen molar-refractivity contribution in [3.63, 3.8) is 0 Å². The highest BCUT2D eigenvalue weighted by molar-refractivity contribution is 5.81. The first-order valence-corrected chi connectivity index (χ1v) is 10.5. The maximum atomic E-state index is 13.1. The van der Waals surface area contributed by atoms with Crippen LogP contribution in [0.2, 0.25) is 0 Å². The second kappa shape index (κ2) is 10.1. The van der Waals surface area contributed by atoms with E-state index in [0.717, 1.165) is 30.4 Å². The van der Waals surface area contributed by atoms with E-state index in [1.54, 1.807) is 0 Å². The first-order chi connectivity index (χ1) is 14.1. The van der Waals surface area contributed by atoms with Crippen LogP contribution in [0.4, 0.5) is 4.79 Å². The molecular formula is C24H31N3O2. The van der Waals surface area contributed by atoms with Crippen LogP contribution >= 0.6 is 0 Å². The van der Waals surface area contributed by atoms with Crippen LogP contribution in [-0.2, 0) is 11.3 Å². The lowest BCUT2D eigenvalue weighted by atomic mass is 9.88. The molecule has 5 heteroatoms. The predicted octanol–water partition coefficient (Wildman–Crippen LogP) is 4.26. The van der Waals surface area contributed by atoms with Gasteiger partial charge in [0.25, 0.3) is 0 Å². The maximum Gasteiger partial charge on any atom is 0.318 e. The Balaban J connectivity index is 1.72. The molecule has 1 fully saturated rings. The summed E-state index contributed by atoms with van der Waals surface area (Å²) in [4.78, 5) is 27.6. The third kappa shape index (κ3) is 5.59. The maximum absolute atomic E-state index is 13.1. The summed E-state index contributed by atoms with van der Waals surface area (Å²) in [5, 5.41) is 6.11. The van der Waals surface area contributed by atoms with Crippen molar-refractivity contribution in [1.29, 1.82) is 0 Å². The normalized spacial score (nSPS) is 20.0. The van der Waals surface area contributed by atoms with Crippen molar-refractivity contribution in [2.75, 3.05) is 6.54 Å². The topological polar surface area (TPSA) is 61.4 Å². The van der Waals surface area contributed by atoms with Gasteiger partial charge in [0.2, 0.25) is 5.91 Å². The van der Waals surface area contributed by atoms with E-state index in [4.69, 9.17) is 0 Å². The molecule has 2 aromatic rings. The summed E-state index contributed by atoms with van der Waals surface area (Å²) < 4.78 is 0. The Labute approximate surface area is 173 Å². The second-order valence-corrected chi connectivity index (χ2v) is 7.82. The minimum Gasteiger partial charge on any atom is -0.353 e. The molecule has 0 aromatic heterocycles. The largest absolute Gasteiger partial charge is 0.353 e. The highest BCUT2D eigenvalue weighted by Gasteiger charge is 2.35. The number of rotatable bonds is 6. The molecular weight excluding hydrogens is 362 g/mol. The minimum absolute atomic E-state index is 0.0142. The molecule has 29 heavy (non-hydrogen) atoms. The molecule has 1 aliphatic rings. The van der Waals surface area contributed by atoms with Gasteiger partial charge in [0.05, 0.1) is 12.0 Å². The Hall–Kier alpha value is -2.82. The summed E-state index contributed by atoms with van der Waals surface area (Å²) >= 11 is 0. The molecule has 2 aromatic carbocycles. The van der Waals surface area contributed by atoms with Gasteiger partial charge in [0.15, 0.2) is 0 Å². The van der Waals surface area contributed by atoms with Crippen LogP contribution < -0.4 is 10.6 Å². The number of likely N-dealkylation sites (tertiary alicyclic amines) is 1. The van der Waals surface area contributed by atoms with Gasteiger partial charge in [0, 0.05) is 19.1 Å². The lowest BCUT2D eigenvalue weighted by Crippen LogP contribution is -2.50. The average molecular weight is 394 g/mol. The Bertz CT molecular complexity index is 794. The van der Waals surface area contributed by atoms with E-state index in [2.05, 4.69) is 29.7 Å². The molecule has 0 radical (unpaired) electrons. The van der Waals surface area contributed by atoms with E-state index in [-0.39, 0.29) is 29.9 Å². The molecule has 3 amide bonds. The number of nitrogens with zero attached hydrogens (tertiary/aromatic N) is 1.